The standard InChI is InChI=1S/C26H21Cl2N3O3S/c1-16-3-10-20(11-4-16)35(32,33)31-14-13-22-24(21-12-7-18(27)15-23(21)31)29-26(30-25(22)28)17-5-8-19(34-2)9-6-17/h3-12,15H,13-14H2,1-2H3. The Hall–Kier alpha value is -3.13. The molecule has 0 amide bonds. The number of sulfonamides is 1. The Labute approximate surface area is 214 Å². The SMILES string of the molecule is COc1ccc(-c2nc(Cl)c3c(n2)-c2ccc(Cl)cc2N(S(=O)(=O)c2ccc(C)cc2)CC3)cc1. The first kappa shape index (κ1) is 23.6. The fourth-order valence-electron chi connectivity index (χ4n) is 4.10. The third-order valence-corrected chi connectivity index (χ3v) is 8.34. The minimum atomic E-state index is -3.86. The highest BCUT2D eigenvalue weighted by Crippen LogP contribution is 2.41. The van der Waals surface area contributed by atoms with Crippen molar-refractivity contribution in [3.8, 4) is 28.4 Å². The predicted octanol–water partition coefficient (Wildman–Crippen LogP) is 6.19. The first-order valence-electron chi connectivity index (χ1n) is 10.9. The number of hydrogen-bond acceptors (Lipinski definition) is 5. The molecule has 1 aliphatic heterocycles. The van der Waals surface area contributed by atoms with E-state index in [0.29, 0.717) is 45.5 Å². The summed E-state index contributed by atoms with van der Waals surface area (Å²) in [6, 6.07) is 19.3. The third-order valence-electron chi connectivity index (χ3n) is 5.96. The number of aryl methyl sites for hydroxylation is 1. The molecular formula is C26H21Cl2N3O3S. The van der Waals surface area contributed by atoms with Crippen LogP contribution in [0.5, 0.6) is 5.75 Å². The summed E-state index contributed by atoms with van der Waals surface area (Å²) >= 11 is 13.0. The van der Waals surface area contributed by atoms with Crippen LogP contribution in [0.15, 0.2) is 71.6 Å². The molecule has 2 heterocycles. The van der Waals surface area contributed by atoms with Gasteiger partial charge in [0, 0.05) is 28.3 Å². The van der Waals surface area contributed by atoms with Crippen molar-refractivity contribution in [2.45, 2.75) is 18.2 Å². The van der Waals surface area contributed by atoms with Crippen LogP contribution in [0.4, 0.5) is 5.69 Å². The average molecular weight is 526 g/mol. The van der Waals surface area contributed by atoms with Gasteiger partial charge in [0.2, 0.25) is 0 Å². The first-order chi connectivity index (χ1) is 16.8. The van der Waals surface area contributed by atoms with E-state index in [2.05, 4.69) is 4.98 Å². The van der Waals surface area contributed by atoms with Crippen LogP contribution in [0.25, 0.3) is 22.6 Å². The monoisotopic (exact) mass is 525 g/mol. The maximum Gasteiger partial charge on any atom is 0.264 e. The second kappa shape index (κ2) is 9.15. The summed E-state index contributed by atoms with van der Waals surface area (Å²) < 4.78 is 34.0. The highest BCUT2D eigenvalue weighted by molar-refractivity contribution is 7.92. The van der Waals surface area contributed by atoms with Crippen molar-refractivity contribution in [3.63, 3.8) is 0 Å². The van der Waals surface area contributed by atoms with Crippen molar-refractivity contribution in [3.05, 3.63) is 88.0 Å². The number of aromatic nitrogens is 2. The third kappa shape index (κ3) is 4.35. The van der Waals surface area contributed by atoms with Crippen molar-refractivity contribution in [1.29, 1.82) is 0 Å². The van der Waals surface area contributed by atoms with E-state index in [-0.39, 0.29) is 16.6 Å². The molecule has 9 heteroatoms. The molecule has 0 atom stereocenters. The topological polar surface area (TPSA) is 72.4 Å². The van der Waals surface area contributed by atoms with Gasteiger partial charge in [-0.25, -0.2) is 18.4 Å². The highest BCUT2D eigenvalue weighted by Gasteiger charge is 2.32. The molecule has 6 nitrogen and oxygen atoms in total. The fourth-order valence-corrected chi connectivity index (χ4v) is 6.01. The molecule has 0 bridgehead atoms. The molecule has 35 heavy (non-hydrogen) atoms. The van der Waals surface area contributed by atoms with Gasteiger partial charge in [0.05, 0.1) is 23.4 Å². The van der Waals surface area contributed by atoms with Gasteiger partial charge in [0.1, 0.15) is 10.9 Å². The zero-order valence-electron chi connectivity index (χ0n) is 19.0. The summed E-state index contributed by atoms with van der Waals surface area (Å²) in [5.41, 5.74) is 4.09. The zero-order valence-corrected chi connectivity index (χ0v) is 21.3. The Balaban J connectivity index is 1.68. The Morgan fingerprint density at radius 3 is 2.34 bits per heavy atom. The summed E-state index contributed by atoms with van der Waals surface area (Å²) in [5.74, 6) is 1.15. The largest absolute Gasteiger partial charge is 0.497 e. The normalized spacial score (nSPS) is 13.1. The number of rotatable bonds is 4. The smallest absolute Gasteiger partial charge is 0.264 e. The Morgan fingerprint density at radius 2 is 1.66 bits per heavy atom. The lowest BCUT2D eigenvalue weighted by Gasteiger charge is -2.24. The van der Waals surface area contributed by atoms with E-state index < -0.39 is 10.0 Å². The molecule has 1 aromatic heterocycles. The van der Waals surface area contributed by atoms with E-state index >= 15 is 0 Å². The molecule has 0 N–H and O–H groups in total. The molecular weight excluding hydrogens is 505 g/mol. The molecule has 3 aromatic carbocycles. The molecule has 0 radical (unpaired) electrons. The van der Waals surface area contributed by atoms with Gasteiger partial charge in [-0.15, -0.1) is 0 Å². The molecule has 1 aliphatic rings. The van der Waals surface area contributed by atoms with Crippen LogP contribution in [0.2, 0.25) is 10.2 Å². The number of nitrogens with zero attached hydrogens (tertiary/aromatic N) is 3. The summed E-state index contributed by atoms with van der Waals surface area (Å²) in [6.07, 6.45) is 0.342. The van der Waals surface area contributed by atoms with Gasteiger partial charge in [0.25, 0.3) is 10.0 Å². The van der Waals surface area contributed by atoms with Crippen molar-refractivity contribution in [1.82, 2.24) is 9.97 Å². The van der Waals surface area contributed by atoms with Crippen LogP contribution in [-0.2, 0) is 16.4 Å². The number of benzene rings is 3. The van der Waals surface area contributed by atoms with Crippen molar-refractivity contribution in [2.75, 3.05) is 18.0 Å². The molecule has 4 aromatic rings. The summed E-state index contributed by atoms with van der Waals surface area (Å²) in [7, 11) is -2.26. The fraction of sp³-hybridized carbons (Fsp3) is 0.154. The number of anilines is 1. The van der Waals surface area contributed by atoms with Crippen LogP contribution in [0.3, 0.4) is 0 Å². The minimum Gasteiger partial charge on any atom is -0.497 e. The first-order valence-corrected chi connectivity index (χ1v) is 13.1. The predicted molar refractivity (Wildman–Crippen MR) is 139 cm³/mol. The lowest BCUT2D eigenvalue weighted by molar-refractivity contribution is 0.415. The highest BCUT2D eigenvalue weighted by atomic mass is 35.5. The number of halogens is 2. The number of fused-ring (bicyclic) bond motifs is 3. The Kier molecular flexibility index (Phi) is 6.17. The molecule has 0 unspecified atom stereocenters. The minimum absolute atomic E-state index is 0.168. The van der Waals surface area contributed by atoms with Crippen LogP contribution in [-0.4, -0.2) is 32.0 Å². The molecule has 0 saturated heterocycles. The second-order valence-corrected chi connectivity index (χ2v) is 10.9. The van der Waals surface area contributed by atoms with E-state index in [9.17, 15) is 8.42 Å². The Bertz CT molecular complexity index is 1520. The zero-order chi connectivity index (χ0) is 24.7. The van der Waals surface area contributed by atoms with Crippen LogP contribution >= 0.6 is 23.2 Å². The maximum atomic E-state index is 13.7. The molecule has 0 saturated carbocycles. The molecule has 5 rings (SSSR count). The average Bonchev–Trinajstić information content (AvgIpc) is 3.01. The summed E-state index contributed by atoms with van der Waals surface area (Å²) in [6.45, 7) is 2.08. The molecule has 0 fully saturated rings. The van der Waals surface area contributed by atoms with E-state index in [0.717, 1.165) is 11.1 Å². The molecule has 0 spiro atoms. The van der Waals surface area contributed by atoms with Crippen molar-refractivity contribution >= 4 is 38.9 Å². The van der Waals surface area contributed by atoms with Gasteiger partial charge in [-0.2, -0.15) is 0 Å². The quantitative estimate of drug-likeness (QED) is 0.297. The lowest BCUT2D eigenvalue weighted by atomic mass is 10.0. The van der Waals surface area contributed by atoms with Gasteiger partial charge in [-0.1, -0.05) is 40.9 Å². The van der Waals surface area contributed by atoms with Crippen LogP contribution in [0, 0.1) is 6.92 Å². The lowest BCUT2D eigenvalue weighted by Crippen LogP contribution is -2.32. The van der Waals surface area contributed by atoms with E-state index in [4.69, 9.17) is 32.9 Å². The Morgan fingerprint density at radius 1 is 0.943 bits per heavy atom. The van der Waals surface area contributed by atoms with Gasteiger partial charge in [0.15, 0.2) is 5.82 Å². The van der Waals surface area contributed by atoms with Gasteiger partial charge in [-0.3, -0.25) is 4.31 Å². The van der Waals surface area contributed by atoms with Crippen LogP contribution in [0.1, 0.15) is 11.1 Å². The molecule has 178 valence electrons. The summed E-state index contributed by atoms with van der Waals surface area (Å²) in [5, 5.41) is 0.711. The van der Waals surface area contributed by atoms with E-state index in [1.54, 1.807) is 49.6 Å². The number of ether oxygens (including phenoxy) is 1. The van der Waals surface area contributed by atoms with Crippen molar-refractivity contribution in [2.24, 2.45) is 0 Å². The maximum absolute atomic E-state index is 13.7. The van der Waals surface area contributed by atoms with Gasteiger partial charge >= 0.3 is 0 Å². The van der Waals surface area contributed by atoms with Crippen molar-refractivity contribution < 1.29 is 13.2 Å². The van der Waals surface area contributed by atoms with Crippen LogP contribution < -0.4 is 9.04 Å². The number of hydrogen-bond donors (Lipinski definition) is 0. The number of methoxy groups -OCH3 is 1. The van der Waals surface area contributed by atoms with E-state index in [1.165, 1.54) is 4.31 Å². The van der Waals surface area contributed by atoms with Gasteiger partial charge < -0.3 is 4.74 Å². The van der Waals surface area contributed by atoms with E-state index in [1.807, 2.05) is 31.2 Å². The second-order valence-electron chi connectivity index (χ2n) is 8.20. The van der Waals surface area contributed by atoms with Gasteiger partial charge in [-0.05, 0) is 67.9 Å². The summed E-state index contributed by atoms with van der Waals surface area (Å²) in [4.78, 5) is 9.55. The molecule has 0 aliphatic carbocycles.